The second-order valence-electron chi connectivity index (χ2n) is 8.22. The van der Waals surface area contributed by atoms with E-state index in [1.165, 1.54) is 12.8 Å². The minimum Gasteiger partial charge on any atom is -0.352 e. The number of amides is 2. The number of hydrogen-bond acceptors (Lipinski definition) is 4. The van der Waals surface area contributed by atoms with Crippen LogP contribution in [0.3, 0.4) is 0 Å². The highest BCUT2D eigenvalue weighted by Crippen LogP contribution is 2.32. The number of fused-ring (bicyclic) bond motifs is 2. The van der Waals surface area contributed by atoms with Gasteiger partial charge in [-0.3, -0.25) is 9.59 Å². The molecule has 2 fully saturated rings. The van der Waals surface area contributed by atoms with Crippen LogP contribution < -0.4 is 16.0 Å². The predicted molar refractivity (Wildman–Crippen MR) is 106 cm³/mol. The molecule has 0 saturated carbocycles. The Kier molecular flexibility index (Phi) is 6.85. The van der Waals surface area contributed by atoms with Crippen molar-refractivity contribution in [2.45, 2.75) is 50.7 Å². The number of nitrogens with one attached hydrogen (secondary N) is 3. The monoisotopic (exact) mass is 372 g/mol. The Morgan fingerprint density at radius 2 is 1.89 bits per heavy atom. The molecule has 6 nitrogen and oxygen atoms in total. The lowest BCUT2D eigenvalue weighted by molar-refractivity contribution is -0.122. The van der Waals surface area contributed by atoms with Gasteiger partial charge in [0.1, 0.15) is 0 Å². The SMILES string of the molecule is CN(C)CCNC(=O)c1cccc(CNC(=O)CC2CC3CCC(C2)N3)c1. The Bertz CT molecular complexity index is 649. The number of hydrogen-bond donors (Lipinski definition) is 3. The summed E-state index contributed by atoms with van der Waals surface area (Å²) in [7, 11) is 3.95. The fraction of sp³-hybridized carbons (Fsp3) is 0.619. The fourth-order valence-electron chi connectivity index (χ4n) is 4.19. The molecule has 1 aromatic rings. The number of carbonyl (C=O) groups excluding carboxylic acids is 2. The number of carbonyl (C=O) groups is 2. The summed E-state index contributed by atoms with van der Waals surface area (Å²) in [5.74, 6) is 0.537. The minimum absolute atomic E-state index is 0.0739. The molecule has 6 heteroatoms. The van der Waals surface area contributed by atoms with Crippen LogP contribution in [0.1, 0.15) is 48.0 Å². The Morgan fingerprint density at radius 1 is 1.15 bits per heavy atom. The van der Waals surface area contributed by atoms with Crippen molar-refractivity contribution in [1.82, 2.24) is 20.9 Å². The summed E-state index contributed by atoms with van der Waals surface area (Å²) < 4.78 is 0. The molecule has 0 spiro atoms. The first-order chi connectivity index (χ1) is 13.0. The van der Waals surface area contributed by atoms with Gasteiger partial charge in [0, 0.05) is 43.7 Å². The van der Waals surface area contributed by atoms with E-state index in [-0.39, 0.29) is 11.8 Å². The van der Waals surface area contributed by atoms with Gasteiger partial charge in [-0.25, -0.2) is 0 Å². The molecule has 3 N–H and O–H groups in total. The van der Waals surface area contributed by atoms with Gasteiger partial charge in [-0.2, -0.15) is 0 Å². The minimum atomic E-state index is -0.0739. The quantitative estimate of drug-likeness (QED) is 0.647. The molecule has 2 amide bonds. The molecule has 0 aromatic heterocycles. The lowest BCUT2D eigenvalue weighted by atomic mass is 9.89. The summed E-state index contributed by atoms with van der Waals surface area (Å²) in [5, 5.41) is 9.56. The van der Waals surface area contributed by atoms with Crippen molar-refractivity contribution in [2.75, 3.05) is 27.2 Å². The van der Waals surface area contributed by atoms with E-state index in [2.05, 4.69) is 16.0 Å². The highest BCUT2D eigenvalue weighted by Gasteiger charge is 2.34. The molecule has 0 radical (unpaired) electrons. The lowest BCUT2D eigenvalue weighted by Crippen LogP contribution is -2.39. The van der Waals surface area contributed by atoms with Crippen molar-refractivity contribution in [3.05, 3.63) is 35.4 Å². The zero-order valence-electron chi connectivity index (χ0n) is 16.5. The molecule has 2 saturated heterocycles. The maximum Gasteiger partial charge on any atom is 0.251 e. The molecular weight excluding hydrogens is 340 g/mol. The molecule has 2 aliphatic heterocycles. The van der Waals surface area contributed by atoms with E-state index in [0.717, 1.165) is 24.9 Å². The summed E-state index contributed by atoms with van der Waals surface area (Å²) >= 11 is 0. The van der Waals surface area contributed by atoms with Crippen LogP contribution in [0.5, 0.6) is 0 Å². The topological polar surface area (TPSA) is 73.5 Å². The van der Waals surface area contributed by atoms with E-state index in [4.69, 9.17) is 0 Å². The summed E-state index contributed by atoms with van der Waals surface area (Å²) in [4.78, 5) is 26.6. The van der Waals surface area contributed by atoms with Crippen molar-refractivity contribution in [1.29, 1.82) is 0 Å². The van der Waals surface area contributed by atoms with Crippen molar-refractivity contribution >= 4 is 11.8 Å². The van der Waals surface area contributed by atoms with Gasteiger partial charge in [0.15, 0.2) is 0 Å². The van der Waals surface area contributed by atoms with Crippen LogP contribution in [0.25, 0.3) is 0 Å². The molecule has 3 rings (SSSR count). The Hall–Kier alpha value is -1.92. The van der Waals surface area contributed by atoms with Crippen LogP contribution in [0.2, 0.25) is 0 Å². The number of rotatable bonds is 8. The molecule has 2 aliphatic rings. The molecule has 27 heavy (non-hydrogen) atoms. The van der Waals surface area contributed by atoms with Crippen LogP contribution in [-0.2, 0) is 11.3 Å². The second-order valence-corrected chi connectivity index (χ2v) is 8.22. The Labute approximate surface area is 162 Å². The third-order valence-electron chi connectivity index (χ3n) is 5.57. The number of benzene rings is 1. The third-order valence-corrected chi connectivity index (χ3v) is 5.57. The summed E-state index contributed by atoms with van der Waals surface area (Å²) in [6.07, 6.45) is 5.36. The first kappa shape index (κ1) is 19.8. The van der Waals surface area contributed by atoms with E-state index in [1.807, 2.05) is 37.2 Å². The van der Waals surface area contributed by atoms with E-state index in [1.54, 1.807) is 6.07 Å². The van der Waals surface area contributed by atoms with E-state index >= 15 is 0 Å². The largest absolute Gasteiger partial charge is 0.352 e. The van der Waals surface area contributed by atoms with Crippen LogP contribution in [0.4, 0.5) is 0 Å². The molecule has 2 heterocycles. The van der Waals surface area contributed by atoms with Gasteiger partial charge in [0.2, 0.25) is 5.91 Å². The van der Waals surface area contributed by atoms with Gasteiger partial charge >= 0.3 is 0 Å². The van der Waals surface area contributed by atoms with E-state index in [0.29, 0.717) is 43.1 Å². The highest BCUT2D eigenvalue weighted by atomic mass is 16.2. The van der Waals surface area contributed by atoms with Gasteiger partial charge in [-0.1, -0.05) is 12.1 Å². The summed E-state index contributed by atoms with van der Waals surface area (Å²) in [5.41, 5.74) is 1.59. The number of likely N-dealkylation sites (N-methyl/N-ethyl adjacent to an activating group) is 1. The Balaban J connectivity index is 1.43. The Morgan fingerprint density at radius 3 is 2.59 bits per heavy atom. The van der Waals surface area contributed by atoms with Crippen molar-refractivity contribution < 1.29 is 9.59 Å². The third kappa shape index (κ3) is 6.04. The average molecular weight is 373 g/mol. The normalized spacial score (nSPS) is 24.0. The smallest absolute Gasteiger partial charge is 0.251 e. The second kappa shape index (κ2) is 9.33. The van der Waals surface area contributed by atoms with Crippen LogP contribution in [0.15, 0.2) is 24.3 Å². The molecule has 2 bridgehead atoms. The van der Waals surface area contributed by atoms with Gasteiger partial charge in [-0.05, 0) is 63.4 Å². The summed E-state index contributed by atoms with van der Waals surface area (Å²) in [6.45, 7) is 1.89. The van der Waals surface area contributed by atoms with Crippen LogP contribution in [0, 0.1) is 5.92 Å². The zero-order valence-corrected chi connectivity index (χ0v) is 16.5. The van der Waals surface area contributed by atoms with Crippen molar-refractivity contribution in [2.24, 2.45) is 5.92 Å². The average Bonchev–Trinajstić information content (AvgIpc) is 2.98. The fourth-order valence-corrected chi connectivity index (χ4v) is 4.19. The van der Waals surface area contributed by atoms with Gasteiger partial charge in [0.05, 0.1) is 0 Å². The van der Waals surface area contributed by atoms with Crippen LogP contribution >= 0.6 is 0 Å². The molecule has 148 valence electrons. The van der Waals surface area contributed by atoms with E-state index in [9.17, 15) is 9.59 Å². The lowest BCUT2D eigenvalue weighted by Gasteiger charge is -2.28. The molecule has 1 aromatic carbocycles. The maximum absolute atomic E-state index is 12.3. The zero-order chi connectivity index (χ0) is 19.2. The standard InChI is InChI=1S/C21H32N4O2/c1-25(2)9-8-22-21(27)17-5-3-4-15(10-17)14-23-20(26)13-16-11-18-6-7-19(12-16)24-18/h3-5,10,16,18-19,24H,6-9,11-14H2,1-2H3,(H,22,27)(H,23,26). The number of nitrogens with zero attached hydrogens (tertiary/aromatic N) is 1. The molecule has 0 aliphatic carbocycles. The molecule has 2 atom stereocenters. The number of piperidine rings is 1. The highest BCUT2D eigenvalue weighted by molar-refractivity contribution is 5.94. The van der Waals surface area contributed by atoms with Crippen LogP contribution in [-0.4, -0.2) is 56.0 Å². The first-order valence-corrected chi connectivity index (χ1v) is 10.0. The first-order valence-electron chi connectivity index (χ1n) is 10.0. The molecular formula is C21H32N4O2. The van der Waals surface area contributed by atoms with Gasteiger partial charge in [-0.15, -0.1) is 0 Å². The van der Waals surface area contributed by atoms with E-state index < -0.39 is 0 Å². The predicted octanol–water partition coefficient (Wildman–Crippen LogP) is 1.51. The van der Waals surface area contributed by atoms with Gasteiger partial charge < -0.3 is 20.9 Å². The molecule has 2 unspecified atom stereocenters. The van der Waals surface area contributed by atoms with Crippen molar-refractivity contribution in [3.8, 4) is 0 Å². The summed E-state index contributed by atoms with van der Waals surface area (Å²) in [6, 6.07) is 8.71. The van der Waals surface area contributed by atoms with Gasteiger partial charge in [0.25, 0.3) is 5.91 Å². The van der Waals surface area contributed by atoms with Crippen molar-refractivity contribution in [3.63, 3.8) is 0 Å². The maximum atomic E-state index is 12.3.